The molecule has 1 aliphatic heterocycles. The minimum atomic E-state index is 0.381. The maximum Gasteiger partial charge on any atom is 0.0546 e. The van der Waals surface area contributed by atoms with Crippen LogP contribution in [0.15, 0.2) is 0 Å². The summed E-state index contributed by atoms with van der Waals surface area (Å²) in [5.41, 5.74) is 0.381. The van der Waals surface area contributed by atoms with Crippen LogP contribution in [0, 0.1) is 11.3 Å². The quantitative estimate of drug-likeness (QED) is 0.729. The Balaban J connectivity index is 1.55. The largest absolute Gasteiger partial charge is 0.381 e. The third-order valence-electron chi connectivity index (χ3n) is 4.97. The molecule has 3 rings (SSSR count). The number of hydrogen-bond donors (Lipinski definition) is 1. The number of hydrogen-bond acceptors (Lipinski definition) is 3. The SMILES string of the molecule is CCN(CC1CC1)CC1(CNC2CC2)CCCOC1. The lowest BCUT2D eigenvalue weighted by Crippen LogP contribution is -2.49. The maximum atomic E-state index is 5.84. The summed E-state index contributed by atoms with van der Waals surface area (Å²) < 4.78 is 5.84. The summed E-state index contributed by atoms with van der Waals surface area (Å²) >= 11 is 0. The topological polar surface area (TPSA) is 24.5 Å². The van der Waals surface area contributed by atoms with Crippen LogP contribution in [0.3, 0.4) is 0 Å². The first-order valence-electron chi connectivity index (χ1n) is 8.33. The summed E-state index contributed by atoms with van der Waals surface area (Å²) in [6.07, 6.45) is 8.27. The minimum Gasteiger partial charge on any atom is -0.381 e. The van der Waals surface area contributed by atoms with Crippen LogP contribution in [0.1, 0.15) is 45.4 Å². The second-order valence-electron chi connectivity index (χ2n) is 7.08. The molecule has 0 bridgehead atoms. The fraction of sp³-hybridized carbons (Fsp3) is 1.00. The van der Waals surface area contributed by atoms with Crippen molar-refractivity contribution in [3.05, 3.63) is 0 Å². The van der Waals surface area contributed by atoms with Crippen molar-refractivity contribution in [1.29, 1.82) is 0 Å². The maximum absolute atomic E-state index is 5.84. The Bertz CT molecular complexity index is 280. The van der Waals surface area contributed by atoms with Crippen molar-refractivity contribution in [2.75, 3.05) is 39.4 Å². The molecule has 0 aromatic heterocycles. The third kappa shape index (κ3) is 4.17. The van der Waals surface area contributed by atoms with Crippen molar-refractivity contribution in [2.24, 2.45) is 11.3 Å². The summed E-state index contributed by atoms with van der Waals surface area (Å²) in [6.45, 7) is 9.17. The molecule has 1 unspecified atom stereocenters. The Morgan fingerprint density at radius 2 is 2.11 bits per heavy atom. The molecule has 0 radical (unpaired) electrons. The van der Waals surface area contributed by atoms with E-state index < -0.39 is 0 Å². The van der Waals surface area contributed by atoms with Crippen LogP contribution < -0.4 is 5.32 Å². The molecule has 3 nitrogen and oxygen atoms in total. The Labute approximate surface area is 118 Å². The van der Waals surface area contributed by atoms with Gasteiger partial charge in [-0.05, 0) is 51.0 Å². The number of nitrogens with one attached hydrogen (secondary N) is 1. The van der Waals surface area contributed by atoms with Gasteiger partial charge < -0.3 is 15.0 Å². The van der Waals surface area contributed by atoms with E-state index in [2.05, 4.69) is 17.1 Å². The van der Waals surface area contributed by atoms with Crippen LogP contribution in [0.5, 0.6) is 0 Å². The Morgan fingerprint density at radius 3 is 2.68 bits per heavy atom. The molecule has 3 aliphatic rings. The molecule has 0 aromatic rings. The second kappa shape index (κ2) is 6.11. The smallest absolute Gasteiger partial charge is 0.0546 e. The molecule has 1 N–H and O–H groups in total. The molecule has 3 heteroatoms. The molecule has 0 amide bonds. The van der Waals surface area contributed by atoms with Crippen LogP contribution >= 0.6 is 0 Å². The van der Waals surface area contributed by atoms with Crippen LogP contribution in [0.4, 0.5) is 0 Å². The molecular formula is C16H30N2O. The highest BCUT2D eigenvalue weighted by atomic mass is 16.5. The van der Waals surface area contributed by atoms with E-state index in [9.17, 15) is 0 Å². The molecule has 3 fully saturated rings. The van der Waals surface area contributed by atoms with Gasteiger partial charge in [0.15, 0.2) is 0 Å². The molecule has 110 valence electrons. The molecular weight excluding hydrogens is 236 g/mol. The van der Waals surface area contributed by atoms with Gasteiger partial charge in [-0.15, -0.1) is 0 Å². The lowest BCUT2D eigenvalue weighted by atomic mass is 9.81. The van der Waals surface area contributed by atoms with Gasteiger partial charge in [0, 0.05) is 37.7 Å². The highest BCUT2D eigenvalue weighted by Gasteiger charge is 2.37. The van der Waals surface area contributed by atoms with Crippen molar-refractivity contribution >= 4 is 0 Å². The molecule has 19 heavy (non-hydrogen) atoms. The highest BCUT2D eigenvalue weighted by molar-refractivity contribution is 4.92. The Hall–Kier alpha value is -0.120. The number of nitrogens with zero attached hydrogens (tertiary/aromatic N) is 1. The van der Waals surface area contributed by atoms with E-state index >= 15 is 0 Å². The van der Waals surface area contributed by atoms with Gasteiger partial charge in [-0.25, -0.2) is 0 Å². The molecule has 0 aromatic carbocycles. The summed E-state index contributed by atoms with van der Waals surface area (Å²) in [6, 6.07) is 0.817. The van der Waals surface area contributed by atoms with Gasteiger partial charge in [0.2, 0.25) is 0 Å². The average Bonchev–Trinajstić information content (AvgIpc) is 3.31. The predicted octanol–water partition coefficient (Wildman–Crippen LogP) is 2.27. The van der Waals surface area contributed by atoms with Gasteiger partial charge in [0.05, 0.1) is 6.61 Å². The summed E-state index contributed by atoms with van der Waals surface area (Å²) in [5.74, 6) is 0.998. The zero-order chi connectivity index (χ0) is 13.1. The normalized spacial score (nSPS) is 31.9. The fourth-order valence-electron chi connectivity index (χ4n) is 3.32. The number of rotatable bonds is 8. The standard InChI is InChI=1S/C16H30N2O/c1-2-18(10-14-4-5-14)12-16(8-3-9-19-13-16)11-17-15-6-7-15/h14-15,17H,2-13H2,1H3. The summed E-state index contributed by atoms with van der Waals surface area (Å²) in [4.78, 5) is 2.68. The van der Waals surface area contributed by atoms with E-state index in [1.807, 2.05) is 0 Å². The van der Waals surface area contributed by atoms with E-state index in [1.54, 1.807) is 0 Å². The van der Waals surface area contributed by atoms with E-state index in [0.29, 0.717) is 5.41 Å². The first kappa shape index (κ1) is 13.8. The van der Waals surface area contributed by atoms with Crippen LogP contribution in [0.25, 0.3) is 0 Å². The van der Waals surface area contributed by atoms with E-state index in [-0.39, 0.29) is 0 Å². The Kier molecular flexibility index (Phi) is 4.45. The summed E-state index contributed by atoms with van der Waals surface area (Å²) in [5, 5.41) is 3.76. The van der Waals surface area contributed by atoms with Crippen molar-refractivity contribution in [2.45, 2.75) is 51.5 Å². The first-order valence-corrected chi connectivity index (χ1v) is 8.33. The third-order valence-corrected chi connectivity index (χ3v) is 4.97. The van der Waals surface area contributed by atoms with Gasteiger partial charge >= 0.3 is 0 Å². The van der Waals surface area contributed by atoms with Crippen molar-refractivity contribution in [1.82, 2.24) is 10.2 Å². The summed E-state index contributed by atoms with van der Waals surface area (Å²) in [7, 11) is 0. The van der Waals surface area contributed by atoms with Crippen LogP contribution in [-0.2, 0) is 4.74 Å². The van der Waals surface area contributed by atoms with Crippen molar-refractivity contribution < 1.29 is 4.74 Å². The molecule has 0 spiro atoms. The lowest BCUT2D eigenvalue weighted by molar-refractivity contribution is -0.0263. The zero-order valence-electron chi connectivity index (χ0n) is 12.5. The second-order valence-corrected chi connectivity index (χ2v) is 7.08. The van der Waals surface area contributed by atoms with E-state index in [4.69, 9.17) is 4.74 Å². The van der Waals surface area contributed by atoms with Gasteiger partial charge in [0.1, 0.15) is 0 Å². The Morgan fingerprint density at radius 1 is 1.26 bits per heavy atom. The van der Waals surface area contributed by atoms with Gasteiger partial charge in [0.25, 0.3) is 0 Å². The van der Waals surface area contributed by atoms with Gasteiger partial charge in [-0.2, -0.15) is 0 Å². The molecule has 2 saturated carbocycles. The predicted molar refractivity (Wildman–Crippen MR) is 78.3 cm³/mol. The van der Waals surface area contributed by atoms with Gasteiger partial charge in [-0.3, -0.25) is 0 Å². The lowest BCUT2D eigenvalue weighted by Gasteiger charge is -2.41. The molecule has 1 saturated heterocycles. The monoisotopic (exact) mass is 266 g/mol. The van der Waals surface area contributed by atoms with Crippen LogP contribution in [0.2, 0.25) is 0 Å². The van der Waals surface area contributed by atoms with Crippen molar-refractivity contribution in [3.63, 3.8) is 0 Å². The first-order chi connectivity index (χ1) is 9.30. The minimum absolute atomic E-state index is 0.381. The van der Waals surface area contributed by atoms with Crippen LogP contribution in [-0.4, -0.2) is 50.3 Å². The number of ether oxygens (including phenoxy) is 1. The average molecular weight is 266 g/mol. The zero-order valence-corrected chi connectivity index (χ0v) is 12.5. The fourth-order valence-corrected chi connectivity index (χ4v) is 3.32. The molecule has 2 aliphatic carbocycles. The molecule has 1 atom stereocenters. The van der Waals surface area contributed by atoms with Gasteiger partial charge in [-0.1, -0.05) is 6.92 Å². The highest BCUT2D eigenvalue weighted by Crippen LogP contribution is 2.34. The molecule has 1 heterocycles. The van der Waals surface area contributed by atoms with E-state index in [1.165, 1.54) is 64.7 Å². The van der Waals surface area contributed by atoms with Crippen molar-refractivity contribution in [3.8, 4) is 0 Å². The van der Waals surface area contributed by atoms with E-state index in [0.717, 1.165) is 25.2 Å².